The number of carbonyl (C=O) groups is 1. The second-order valence-corrected chi connectivity index (χ2v) is 15.2. The first-order valence-corrected chi connectivity index (χ1v) is 14.6. The van der Waals surface area contributed by atoms with Crippen LogP contribution in [-0.2, 0) is 17.4 Å². The molecule has 2 aromatic rings. The zero-order valence-corrected chi connectivity index (χ0v) is 20.3. The molecule has 0 aliphatic heterocycles. The van der Waals surface area contributed by atoms with Crippen molar-refractivity contribution in [2.45, 2.75) is 33.1 Å². The van der Waals surface area contributed by atoms with Crippen LogP contribution in [0, 0.1) is 34.0 Å². The Morgan fingerprint density at radius 3 is 2.23 bits per heavy atom. The predicted molar refractivity (Wildman–Crippen MR) is 124 cm³/mol. The number of nitro groups is 1. The minimum atomic E-state index is -4.02. The molecule has 0 aromatic heterocycles. The summed E-state index contributed by atoms with van der Waals surface area (Å²) in [6.07, 6.45) is 1.87. The van der Waals surface area contributed by atoms with Gasteiger partial charge in [-0.3, -0.25) is 0 Å². The topological polar surface area (TPSA) is 104 Å². The van der Waals surface area contributed by atoms with Gasteiger partial charge in [-0.25, -0.2) is 0 Å². The van der Waals surface area contributed by atoms with Crippen molar-refractivity contribution in [3.8, 4) is 0 Å². The average Bonchev–Trinajstić information content (AvgIpc) is 3.07. The summed E-state index contributed by atoms with van der Waals surface area (Å²) < 4.78 is 33.9. The summed E-state index contributed by atoms with van der Waals surface area (Å²) in [5.74, 6) is -0.0687. The molecule has 2 bridgehead atoms. The molecule has 0 saturated heterocycles. The number of non-ortho nitro benzene ring substituents is 1. The first kappa shape index (κ1) is 22.3. The SMILES string of the molecule is CC1(C)C2CCC1(CS(=O)(=O)OI(c1ccccc1)c1ccc([N+](=O)[O-])cc1)C(=O)C2. The van der Waals surface area contributed by atoms with Crippen LogP contribution in [0.4, 0.5) is 5.69 Å². The van der Waals surface area contributed by atoms with E-state index < -0.39 is 40.7 Å². The van der Waals surface area contributed by atoms with Crippen LogP contribution in [0.15, 0.2) is 54.6 Å². The first-order chi connectivity index (χ1) is 14.6. The van der Waals surface area contributed by atoms with E-state index >= 15 is 0 Å². The van der Waals surface area contributed by atoms with Crippen molar-refractivity contribution in [1.82, 2.24) is 0 Å². The predicted octanol–water partition coefficient (Wildman–Crippen LogP) is 4.80. The van der Waals surface area contributed by atoms with Crippen molar-refractivity contribution in [3.05, 3.63) is 71.9 Å². The second kappa shape index (κ2) is 7.93. The molecule has 2 aromatic carbocycles. The molecule has 2 atom stereocenters. The molecule has 0 N–H and O–H groups in total. The second-order valence-electron chi connectivity index (χ2n) is 8.71. The van der Waals surface area contributed by atoms with E-state index in [2.05, 4.69) is 0 Å². The minimum absolute atomic E-state index is 0.0244. The third-order valence-electron chi connectivity index (χ3n) is 6.89. The number of carbonyl (C=O) groups excluding carboxylic acids is 1. The number of hydrogen-bond donors (Lipinski definition) is 0. The Hall–Kier alpha value is -1.85. The fraction of sp³-hybridized carbons (Fsp3) is 0.409. The molecule has 7 nitrogen and oxygen atoms in total. The number of benzene rings is 2. The molecule has 2 aliphatic rings. The Balaban J connectivity index is 1.67. The molecule has 2 saturated carbocycles. The van der Waals surface area contributed by atoms with E-state index in [9.17, 15) is 23.3 Å². The molecule has 2 fully saturated rings. The van der Waals surface area contributed by atoms with Crippen LogP contribution in [0.25, 0.3) is 0 Å². The van der Waals surface area contributed by atoms with E-state index in [1.54, 1.807) is 12.1 Å². The van der Waals surface area contributed by atoms with Crippen LogP contribution < -0.4 is 0 Å². The van der Waals surface area contributed by atoms with Gasteiger partial charge in [0.1, 0.15) is 0 Å². The van der Waals surface area contributed by atoms with E-state index in [1.165, 1.54) is 12.1 Å². The van der Waals surface area contributed by atoms with Gasteiger partial charge in [0.15, 0.2) is 0 Å². The fourth-order valence-electron chi connectivity index (χ4n) is 4.93. The summed E-state index contributed by atoms with van der Waals surface area (Å²) in [5.41, 5.74) is -1.34. The monoisotopic (exact) mass is 557 g/mol. The third-order valence-corrected chi connectivity index (χ3v) is 14.5. The van der Waals surface area contributed by atoms with Crippen molar-refractivity contribution < 1.29 is 20.6 Å². The summed E-state index contributed by atoms with van der Waals surface area (Å²) in [4.78, 5) is 23.3. The molecule has 31 heavy (non-hydrogen) atoms. The molecule has 9 heteroatoms. The number of nitro benzene ring substituents is 1. The molecule has 2 aliphatic carbocycles. The zero-order chi connectivity index (χ0) is 22.4. The Kier molecular flexibility index (Phi) is 5.72. The van der Waals surface area contributed by atoms with Crippen molar-refractivity contribution in [2.24, 2.45) is 16.7 Å². The van der Waals surface area contributed by atoms with E-state index in [-0.39, 0.29) is 28.6 Å². The first-order valence-electron chi connectivity index (χ1n) is 10.0. The number of hydrogen-bond acceptors (Lipinski definition) is 6. The van der Waals surface area contributed by atoms with Crippen LogP contribution in [0.3, 0.4) is 0 Å². The van der Waals surface area contributed by atoms with Gasteiger partial charge in [-0.15, -0.1) is 0 Å². The quantitative estimate of drug-likeness (QED) is 0.275. The third kappa shape index (κ3) is 3.91. The Bertz CT molecular complexity index is 1120. The van der Waals surface area contributed by atoms with Crippen molar-refractivity contribution in [2.75, 3.05) is 5.75 Å². The molecule has 2 unspecified atom stereocenters. The molecule has 0 spiro atoms. The van der Waals surface area contributed by atoms with Crippen molar-refractivity contribution in [3.63, 3.8) is 0 Å². The van der Waals surface area contributed by atoms with Crippen LogP contribution in [-0.4, -0.2) is 24.9 Å². The summed E-state index contributed by atoms with van der Waals surface area (Å²) in [5, 5.41) is 11.0. The molecular formula is C22H24INO6S. The van der Waals surface area contributed by atoms with Crippen molar-refractivity contribution in [1.29, 1.82) is 0 Å². The average molecular weight is 557 g/mol. The van der Waals surface area contributed by atoms with Gasteiger partial charge in [-0.2, -0.15) is 0 Å². The van der Waals surface area contributed by atoms with Gasteiger partial charge < -0.3 is 0 Å². The van der Waals surface area contributed by atoms with Gasteiger partial charge in [-0.05, 0) is 0 Å². The number of nitrogens with zero attached hydrogens (tertiary/aromatic N) is 1. The van der Waals surface area contributed by atoms with Gasteiger partial charge >= 0.3 is 190 Å². The number of rotatable bonds is 7. The number of fused-ring (bicyclic) bond motifs is 2. The Morgan fingerprint density at radius 2 is 1.71 bits per heavy atom. The Morgan fingerprint density at radius 1 is 1.10 bits per heavy atom. The van der Waals surface area contributed by atoms with Gasteiger partial charge in [-0.1, -0.05) is 0 Å². The Labute approximate surface area is 189 Å². The van der Waals surface area contributed by atoms with Gasteiger partial charge in [0.2, 0.25) is 0 Å². The maximum atomic E-state index is 13.3. The normalized spacial score (nSPS) is 24.9. The molecule has 0 radical (unpaired) electrons. The number of Topliss-reactive ketones (excluding diaryl/α,β-unsaturated/α-hetero) is 1. The van der Waals surface area contributed by atoms with E-state index in [1.807, 2.05) is 44.2 Å². The maximum absolute atomic E-state index is 13.3. The molecule has 4 rings (SSSR count). The molecular weight excluding hydrogens is 533 g/mol. The number of ketones is 1. The van der Waals surface area contributed by atoms with Crippen molar-refractivity contribution >= 4 is 41.8 Å². The van der Waals surface area contributed by atoms with Crippen LogP contribution >= 0.6 is 20.2 Å². The summed E-state index contributed by atoms with van der Waals surface area (Å²) >= 11 is -2.92. The molecule has 0 heterocycles. The summed E-state index contributed by atoms with van der Waals surface area (Å²) in [6, 6.07) is 15.0. The number of halogens is 1. The van der Waals surface area contributed by atoms with Gasteiger partial charge in [0.25, 0.3) is 0 Å². The van der Waals surface area contributed by atoms with Crippen LogP contribution in [0.5, 0.6) is 0 Å². The van der Waals surface area contributed by atoms with Gasteiger partial charge in [0, 0.05) is 0 Å². The van der Waals surface area contributed by atoms with Crippen LogP contribution in [0.1, 0.15) is 33.1 Å². The van der Waals surface area contributed by atoms with E-state index in [4.69, 9.17) is 2.51 Å². The van der Waals surface area contributed by atoms with E-state index in [0.717, 1.165) is 9.99 Å². The zero-order valence-electron chi connectivity index (χ0n) is 17.3. The summed E-state index contributed by atoms with van der Waals surface area (Å²) in [6.45, 7) is 3.99. The molecule has 0 amide bonds. The van der Waals surface area contributed by atoms with E-state index in [0.29, 0.717) is 16.4 Å². The molecule has 166 valence electrons. The standard InChI is InChI=1S/C22H24INO6S/c1-21(2)16-12-13-22(21,20(25)14-16)15-31(28,29)30-23(17-6-4-3-5-7-17)18-8-10-19(11-9-18)24(26)27/h3-11,16H,12-15H2,1-2H3. The summed E-state index contributed by atoms with van der Waals surface area (Å²) in [7, 11) is -4.02. The van der Waals surface area contributed by atoms with Gasteiger partial charge in [0.05, 0.1) is 0 Å². The van der Waals surface area contributed by atoms with Crippen LogP contribution in [0.2, 0.25) is 0 Å². The fourth-order valence-corrected chi connectivity index (χ4v) is 12.7.